The molecule has 2 saturated carbocycles. The van der Waals surface area contributed by atoms with Crippen molar-refractivity contribution in [3.05, 3.63) is 0 Å². The maximum absolute atomic E-state index is 2.49. The van der Waals surface area contributed by atoms with Crippen molar-refractivity contribution in [2.75, 3.05) is 0 Å². The molecule has 0 N–H and O–H groups in total. The normalized spacial score (nSPS) is 45.6. The number of hydrogen-bond acceptors (Lipinski definition) is 0. The summed E-state index contributed by atoms with van der Waals surface area (Å²) in [6, 6.07) is 0. The van der Waals surface area contributed by atoms with Crippen LogP contribution >= 0.6 is 0 Å². The summed E-state index contributed by atoms with van der Waals surface area (Å²) >= 11 is 0. The summed E-state index contributed by atoms with van der Waals surface area (Å²) in [5.41, 5.74) is 0.834. The minimum absolute atomic E-state index is 0.834. The van der Waals surface area contributed by atoms with Crippen LogP contribution in [0.4, 0.5) is 0 Å². The molecule has 14 heavy (non-hydrogen) atoms. The summed E-state index contributed by atoms with van der Waals surface area (Å²) in [4.78, 5) is 0. The lowest BCUT2D eigenvalue weighted by Gasteiger charge is -2.19. The zero-order chi connectivity index (χ0) is 10.3. The number of fused-ring (bicyclic) bond motifs is 1. The predicted octanol–water partition coefficient (Wildman–Crippen LogP) is 4.49. The summed E-state index contributed by atoms with van der Waals surface area (Å²) in [7, 11) is 0. The Hall–Kier alpha value is 0. The lowest BCUT2D eigenvalue weighted by Crippen LogP contribution is -2.09. The Balaban J connectivity index is 1.88. The molecule has 0 aliphatic heterocycles. The van der Waals surface area contributed by atoms with Gasteiger partial charge in [-0.05, 0) is 48.3 Å². The maximum atomic E-state index is 2.49. The van der Waals surface area contributed by atoms with E-state index in [1.165, 1.54) is 25.7 Å². The van der Waals surface area contributed by atoms with Gasteiger partial charge < -0.3 is 0 Å². The van der Waals surface area contributed by atoms with E-state index in [2.05, 4.69) is 27.7 Å². The molecule has 4 atom stereocenters. The summed E-state index contributed by atoms with van der Waals surface area (Å²) in [5, 5.41) is 0. The van der Waals surface area contributed by atoms with Crippen LogP contribution in [0.15, 0.2) is 0 Å². The monoisotopic (exact) mass is 194 g/mol. The van der Waals surface area contributed by atoms with Gasteiger partial charge in [-0.3, -0.25) is 0 Å². The third kappa shape index (κ3) is 1.61. The van der Waals surface area contributed by atoms with E-state index < -0.39 is 0 Å². The molecule has 0 heterocycles. The van der Waals surface area contributed by atoms with E-state index in [9.17, 15) is 0 Å². The molecule has 0 spiro atoms. The van der Waals surface area contributed by atoms with E-state index in [4.69, 9.17) is 0 Å². The Bertz CT molecular complexity index is 206. The van der Waals surface area contributed by atoms with Gasteiger partial charge in [0.2, 0.25) is 0 Å². The highest BCUT2D eigenvalue weighted by Crippen LogP contribution is 2.70. The van der Waals surface area contributed by atoms with Crippen LogP contribution in [0.5, 0.6) is 0 Å². The van der Waals surface area contributed by atoms with E-state index in [-0.39, 0.29) is 0 Å². The molecule has 0 heteroatoms. The van der Waals surface area contributed by atoms with Gasteiger partial charge in [-0.2, -0.15) is 0 Å². The van der Waals surface area contributed by atoms with E-state index in [1.54, 1.807) is 6.42 Å². The molecule has 0 bridgehead atoms. The van der Waals surface area contributed by atoms with Crippen molar-refractivity contribution in [3.63, 3.8) is 0 Å². The van der Waals surface area contributed by atoms with Gasteiger partial charge in [-0.25, -0.2) is 0 Å². The Labute approximate surface area is 89.5 Å². The van der Waals surface area contributed by atoms with E-state index in [1.807, 2.05) is 0 Å². The molecular weight excluding hydrogens is 168 g/mol. The maximum Gasteiger partial charge on any atom is -0.0263 e. The van der Waals surface area contributed by atoms with Crippen molar-refractivity contribution in [1.82, 2.24) is 0 Å². The molecule has 4 unspecified atom stereocenters. The molecule has 0 amide bonds. The first-order valence-electron chi connectivity index (χ1n) is 6.59. The van der Waals surface area contributed by atoms with Crippen molar-refractivity contribution >= 4 is 0 Å². The van der Waals surface area contributed by atoms with Crippen molar-refractivity contribution in [1.29, 1.82) is 0 Å². The molecule has 2 rings (SSSR count). The van der Waals surface area contributed by atoms with Crippen molar-refractivity contribution in [2.45, 2.75) is 59.8 Å². The van der Waals surface area contributed by atoms with Gasteiger partial charge in [0.1, 0.15) is 0 Å². The van der Waals surface area contributed by atoms with E-state index in [0.717, 1.165) is 29.1 Å². The van der Waals surface area contributed by atoms with E-state index in [0.29, 0.717) is 0 Å². The SMILES string of the molecule is CCC12CC(C)C(CCC(C)C)C1C2. The average molecular weight is 194 g/mol. The predicted molar refractivity (Wildman–Crippen MR) is 62.2 cm³/mol. The molecule has 2 fully saturated rings. The number of rotatable bonds is 4. The van der Waals surface area contributed by atoms with Crippen LogP contribution in [0.1, 0.15) is 59.8 Å². The van der Waals surface area contributed by atoms with Crippen molar-refractivity contribution in [3.8, 4) is 0 Å². The molecule has 0 saturated heterocycles. The molecule has 0 aromatic rings. The van der Waals surface area contributed by atoms with Crippen LogP contribution in [0, 0.1) is 29.1 Å². The van der Waals surface area contributed by atoms with Gasteiger partial charge in [0.15, 0.2) is 0 Å². The topological polar surface area (TPSA) is 0 Å². The molecule has 2 aliphatic rings. The summed E-state index contributed by atoms with van der Waals surface area (Å²) < 4.78 is 0. The van der Waals surface area contributed by atoms with Crippen LogP contribution < -0.4 is 0 Å². The average Bonchev–Trinajstić information content (AvgIpc) is 2.74. The van der Waals surface area contributed by atoms with Gasteiger partial charge in [0, 0.05) is 0 Å². The van der Waals surface area contributed by atoms with Gasteiger partial charge in [0.25, 0.3) is 0 Å². The molecule has 2 aliphatic carbocycles. The Morgan fingerprint density at radius 2 is 2.00 bits per heavy atom. The summed E-state index contributed by atoms with van der Waals surface area (Å²) in [6.07, 6.45) is 7.50. The summed E-state index contributed by atoms with van der Waals surface area (Å²) in [6.45, 7) is 9.62. The van der Waals surface area contributed by atoms with Gasteiger partial charge in [0.05, 0.1) is 0 Å². The second-order valence-electron chi connectivity index (χ2n) is 6.34. The third-order valence-corrected chi connectivity index (χ3v) is 5.01. The first kappa shape index (κ1) is 10.5. The minimum atomic E-state index is 0.834. The van der Waals surface area contributed by atoms with Crippen LogP contribution in [-0.4, -0.2) is 0 Å². The van der Waals surface area contributed by atoms with Crippen LogP contribution in [0.3, 0.4) is 0 Å². The quantitative estimate of drug-likeness (QED) is 0.618. The van der Waals surface area contributed by atoms with Gasteiger partial charge in [-0.1, -0.05) is 40.5 Å². The van der Waals surface area contributed by atoms with E-state index >= 15 is 0 Å². The lowest BCUT2D eigenvalue weighted by atomic mass is 9.86. The van der Waals surface area contributed by atoms with Crippen molar-refractivity contribution in [2.24, 2.45) is 29.1 Å². The van der Waals surface area contributed by atoms with Crippen LogP contribution in [0.2, 0.25) is 0 Å². The van der Waals surface area contributed by atoms with Gasteiger partial charge in [-0.15, -0.1) is 0 Å². The second-order valence-corrected chi connectivity index (χ2v) is 6.34. The fraction of sp³-hybridized carbons (Fsp3) is 1.00. The van der Waals surface area contributed by atoms with Crippen LogP contribution in [0.25, 0.3) is 0 Å². The van der Waals surface area contributed by atoms with Gasteiger partial charge >= 0.3 is 0 Å². The fourth-order valence-electron chi connectivity index (χ4n) is 3.97. The second kappa shape index (κ2) is 3.54. The largest absolute Gasteiger partial charge is 0.0648 e. The fourth-order valence-corrected chi connectivity index (χ4v) is 3.97. The first-order chi connectivity index (χ1) is 6.59. The first-order valence-corrected chi connectivity index (χ1v) is 6.59. The Morgan fingerprint density at radius 1 is 1.29 bits per heavy atom. The highest BCUT2D eigenvalue weighted by Gasteiger charge is 2.61. The highest BCUT2D eigenvalue weighted by atomic mass is 14.7. The molecule has 0 aromatic carbocycles. The molecule has 82 valence electrons. The third-order valence-electron chi connectivity index (χ3n) is 5.01. The molecule has 0 radical (unpaired) electrons. The zero-order valence-corrected chi connectivity index (χ0v) is 10.3. The molecular formula is C14H26. The molecule has 0 aromatic heterocycles. The zero-order valence-electron chi connectivity index (χ0n) is 10.3. The summed E-state index contributed by atoms with van der Waals surface area (Å²) in [5.74, 6) is 4.13. The lowest BCUT2D eigenvalue weighted by molar-refractivity contribution is 0.312. The smallest absolute Gasteiger partial charge is 0.0263 e. The minimum Gasteiger partial charge on any atom is -0.0648 e. The number of hydrogen-bond donors (Lipinski definition) is 0. The molecule has 0 nitrogen and oxygen atoms in total. The van der Waals surface area contributed by atoms with Crippen LogP contribution in [-0.2, 0) is 0 Å². The van der Waals surface area contributed by atoms with Crippen molar-refractivity contribution < 1.29 is 0 Å². The highest BCUT2D eigenvalue weighted by molar-refractivity contribution is 5.11. The standard InChI is InChI=1S/C14H26/c1-5-14-8-11(4)12(13(14)9-14)7-6-10(2)3/h10-13H,5-9H2,1-4H3. The Kier molecular flexibility index (Phi) is 2.66. The Morgan fingerprint density at radius 3 is 2.50 bits per heavy atom.